The summed E-state index contributed by atoms with van der Waals surface area (Å²) in [6, 6.07) is 0. The molecule has 0 spiro atoms. The van der Waals surface area contributed by atoms with Crippen LogP contribution in [0, 0.1) is 0 Å². The van der Waals surface area contributed by atoms with Crippen LogP contribution >= 0.6 is 8.58 Å². The summed E-state index contributed by atoms with van der Waals surface area (Å²) in [4.78, 5) is 20.6. The molecule has 5 heteroatoms. The monoisotopic (exact) mass is 289 g/mol. The average Bonchev–Trinajstić information content (AvgIpc) is 2.34. The first kappa shape index (κ1) is 18.4. The van der Waals surface area contributed by atoms with Crippen LogP contribution in [0.5, 0.6) is 0 Å². The predicted octanol–water partition coefficient (Wildman–Crippen LogP) is 4.00. The average molecular weight is 289 g/mol. The molecule has 0 amide bonds. The van der Waals surface area contributed by atoms with E-state index in [1.807, 2.05) is 0 Å². The summed E-state index contributed by atoms with van der Waals surface area (Å²) in [5.74, 6) is -1.39. The number of aliphatic carboxylic acids is 2. The first-order chi connectivity index (χ1) is 9.13. The van der Waals surface area contributed by atoms with E-state index in [1.165, 1.54) is 33.7 Å². The number of hydrogen-bond acceptors (Lipinski definition) is 2. The lowest BCUT2D eigenvalue weighted by Crippen LogP contribution is -1.94. The highest BCUT2D eigenvalue weighted by Crippen LogP contribution is 2.17. The second-order valence-electron chi connectivity index (χ2n) is 4.79. The minimum absolute atomic E-state index is 0.300. The van der Waals surface area contributed by atoms with Crippen LogP contribution in [0.25, 0.3) is 0 Å². The molecule has 0 aromatic heterocycles. The first-order valence-corrected chi connectivity index (χ1v) is 8.46. The van der Waals surface area contributed by atoms with E-state index < -0.39 is 11.9 Å². The third-order valence-corrected chi connectivity index (χ3v) is 4.18. The van der Waals surface area contributed by atoms with Gasteiger partial charge >= 0.3 is 11.9 Å². The van der Waals surface area contributed by atoms with Gasteiger partial charge in [-0.25, -0.2) is 0 Å². The summed E-state index contributed by atoms with van der Waals surface area (Å²) in [6.45, 7) is 0. The number of unbranched alkanes of at least 4 members (excludes halogenated alkanes) is 6. The minimum Gasteiger partial charge on any atom is -0.481 e. The molecule has 0 aliphatic heterocycles. The van der Waals surface area contributed by atoms with Gasteiger partial charge in [0.15, 0.2) is 0 Å². The fourth-order valence-electron chi connectivity index (χ4n) is 1.82. The summed E-state index contributed by atoms with van der Waals surface area (Å²) >= 11 is 0. The van der Waals surface area contributed by atoms with E-state index in [2.05, 4.69) is 0 Å². The summed E-state index contributed by atoms with van der Waals surface area (Å²) in [5.41, 5.74) is 0. The van der Waals surface area contributed by atoms with Crippen LogP contribution in [-0.2, 0) is 9.59 Å². The molecule has 111 valence electrons. The molecular weight excluding hydrogens is 263 g/mol. The topological polar surface area (TPSA) is 74.6 Å². The normalized spacial score (nSPS) is 10.5. The molecule has 0 aliphatic carbocycles. The standard InChI is InChI=1S/C14H26O4P/c15-13(16)9-5-1-3-7-11-19-12-8-4-2-6-10-14(17)18/h1-12H2,(H,15,16)(H,17,18). The van der Waals surface area contributed by atoms with E-state index in [9.17, 15) is 9.59 Å². The molecular formula is C14H26O4P. The van der Waals surface area contributed by atoms with Gasteiger partial charge in [-0.2, -0.15) is 0 Å². The second-order valence-corrected chi connectivity index (χ2v) is 6.13. The molecule has 4 nitrogen and oxygen atoms in total. The minimum atomic E-state index is -0.693. The van der Waals surface area contributed by atoms with E-state index in [0.717, 1.165) is 38.5 Å². The maximum atomic E-state index is 10.3. The van der Waals surface area contributed by atoms with Gasteiger partial charge in [0.1, 0.15) is 0 Å². The van der Waals surface area contributed by atoms with Crippen LogP contribution in [-0.4, -0.2) is 34.5 Å². The molecule has 0 aliphatic rings. The SMILES string of the molecule is O=C(O)CCCCCC[P]CCCCCCC(=O)O. The highest BCUT2D eigenvalue weighted by atomic mass is 31.1. The van der Waals surface area contributed by atoms with Crippen molar-refractivity contribution in [1.82, 2.24) is 0 Å². The number of carboxylic acid groups (broad SMARTS) is 2. The van der Waals surface area contributed by atoms with E-state index in [1.54, 1.807) is 0 Å². The first-order valence-electron chi connectivity index (χ1n) is 7.20. The molecule has 0 atom stereocenters. The lowest BCUT2D eigenvalue weighted by atomic mass is 10.1. The van der Waals surface area contributed by atoms with Gasteiger partial charge in [-0.1, -0.05) is 34.3 Å². The van der Waals surface area contributed by atoms with Crippen molar-refractivity contribution in [3.05, 3.63) is 0 Å². The van der Waals surface area contributed by atoms with E-state index in [4.69, 9.17) is 10.2 Å². The molecule has 0 aromatic rings. The van der Waals surface area contributed by atoms with Gasteiger partial charge in [0.05, 0.1) is 0 Å². The van der Waals surface area contributed by atoms with Gasteiger partial charge in [0.2, 0.25) is 0 Å². The summed E-state index contributed by atoms with van der Waals surface area (Å²) in [5, 5.41) is 16.9. The Labute approximate surface area is 117 Å². The van der Waals surface area contributed by atoms with Crippen LogP contribution in [0.4, 0.5) is 0 Å². The van der Waals surface area contributed by atoms with E-state index in [0.29, 0.717) is 12.8 Å². The molecule has 2 N–H and O–H groups in total. The Morgan fingerprint density at radius 2 is 1.00 bits per heavy atom. The lowest BCUT2D eigenvalue weighted by Gasteiger charge is -2.01. The van der Waals surface area contributed by atoms with Gasteiger partial charge in [-0.3, -0.25) is 9.59 Å². The van der Waals surface area contributed by atoms with Crippen molar-refractivity contribution in [3.63, 3.8) is 0 Å². The van der Waals surface area contributed by atoms with Crippen molar-refractivity contribution in [1.29, 1.82) is 0 Å². The lowest BCUT2D eigenvalue weighted by molar-refractivity contribution is -0.138. The van der Waals surface area contributed by atoms with E-state index in [-0.39, 0.29) is 0 Å². The van der Waals surface area contributed by atoms with E-state index >= 15 is 0 Å². The zero-order valence-electron chi connectivity index (χ0n) is 11.6. The summed E-state index contributed by atoms with van der Waals surface area (Å²) in [6.07, 6.45) is 11.3. The quantitative estimate of drug-likeness (QED) is 0.374. The number of carbonyl (C=O) groups is 2. The van der Waals surface area contributed by atoms with Crippen molar-refractivity contribution in [2.45, 2.75) is 64.2 Å². The summed E-state index contributed by atoms with van der Waals surface area (Å²) in [7, 11) is 1.48. The maximum absolute atomic E-state index is 10.3. The Morgan fingerprint density at radius 3 is 1.37 bits per heavy atom. The molecule has 1 radical (unpaired) electrons. The Morgan fingerprint density at radius 1 is 0.632 bits per heavy atom. The Kier molecular flexibility index (Phi) is 13.3. The van der Waals surface area contributed by atoms with Gasteiger partial charge in [0.25, 0.3) is 0 Å². The van der Waals surface area contributed by atoms with Crippen molar-refractivity contribution in [2.24, 2.45) is 0 Å². The molecule has 0 aromatic carbocycles. The molecule has 0 bridgehead atoms. The molecule has 0 rings (SSSR count). The zero-order valence-corrected chi connectivity index (χ0v) is 12.5. The van der Waals surface area contributed by atoms with Gasteiger partial charge in [-0.05, 0) is 38.0 Å². The third kappa shape index (κ3) is 17.4. The van der Waals surface area contributed by atoms with Crippen LogP contribution in [0.2, 0.25) is 0 Å². The zero-order chi connectivity index (χ0) is 14.3. The fraction of sp³-hybridized carbons (Fsp3) is 0.857. The predicted molar refractivity (Wildman–Crippen MR) is 78.1 cm³/mol. The second kappa shape index (κ2) is 13.8. The Bertz CT molecular complexity index is 220. The van der Waals surface area contributed by atoms with Crippen LogP contribution in [0.1, 0.15) is 64.2 Å². The number of hydrogen-bond donors (Lipinski definition) is 2. The fourth-order valence-corrected chi connectivity index (χ4v) is 2.94. The van der Waals surface area contributed by atoms with Gasteiger partial charge < -0.3 is 10.2 Å². The number of rotatable bonds is 14. The molecule has 0 saturated heterocycles. The smallest absolute Gasteiger partial charge is 0.303 e. The third-order valence-electron chi connectivity index (χ3n) is 2.91. The van der Waals surface area contributed by atoms with Gasteiger partial charge in [0, 0.05) is 12.8 Å². The highest BCUT2D eigenvalue weighted by Gasteiger charge is 1.98. The van der Waals surface area contributed by atoms with Gasteiger partial charge in [-0.15, -0.1) is 0 Å². The molecule has 0 saturated carbocycles. The van der Waals surface area contributed by atoms with Crippen molar-refractivity contribution in [3.8, 4) is 0 Å². The van der Waals surface area contributed by atoms with Crippen molar-refractivity contribution in [2.75, 3.05) is 12.3 Å². The Balaban J connectivity index is 2.99. The van der Waals surface area contributed by atoms with Crippen molar-refractivity contribution < 1.29 is 19.8 Å². The molecule has 19 heavy (non-hydrogen) atoms. The molecule has 0 fully saturated rings. The molecule has 0 unspecified atom stereocenters. The molecule has 0 heterocycles. The van der Waals surface area contributed by atoms with Crippen LogP contribution in [0.15, 0.2) is 0 Å². The number of carboxylic acids is 2. The highest BCUT2D eigenvalue weighted by molar-refractivity contribution is 7.37. The summed E-state index contributed by atoms with van der Waals surface area (Å²) < 4.78 is 0. The largest absolute Gasteiger partial charge is 0.481 e. The van der Waals surface area contributed by atoms with Crippen LogP contribution in [0.3, 0.4) is 0 Å². The maximum Gasteiger partial charge on any atom is 0.303 e. The van der Waals surface area contributed by atoms with Crippen molar-refractivity contribution >= 4 is 20.5 Å². The van der Waals surface area contributed by atoms with Crippen LogP contribution < -0.4 is 0 Å². The Hall–Kier alpha value is -0.630.